The Morgan fingerprint density at radius 2 is 2.13 bits per heavy atom. The number of methoxy groups -OCH3 is 1. The van der Waals surface area contributed by atoms with E-state index in [0.29, 0.717) is 34.4 Å². The summed E-state index contributed by atoms with van der Waals surface area (Å²) in [5.41, 5.74) is 1.32. The third-order valence-electron chi connectivity index (χ3n) is 3.45. The number of nitrogens with zero attached hydrogens (tertiary/aromatic N) is 1. The summed E-state index contributed by atoms with van der Waals surface area (Å²) in [6.07, 6.45) is 3.37. The van der Waals surface area contributed by atoms with Crippen LogP contribution in [0.15, 0.2) is 18.3 Å². The molecule has 1 heterocycles. The molecule has 1 aromatic carbocycles. The highest BCUT2D eigenvalue weighted by molar-refractivity contribution is 6.06. The number of esters is 1. The fraction of sp³-hybridized carbons (Fsp3) is 0.412. The summed E-state index contributed by atoms with van der Waals surface area (Å²) in [4.78, 5) is 16.4. The number of benzene rings is 1. The molecule has 0 bridgehead atoms. The van der Waals surface area contributed by atoms with Gasteiger partial charge in [-0.05, 0) is 19.4 Å². The minimum atomic E-state index is -0.482. The molecular formula is C17H21FN2O3. The van der Waals surface area contributed by atoms with Crippen molar-refractivity contribution in [1.29, 1.82) is 0 Å². The van der Waals surface area contributed by atoms with E-state index in [-0.39, 0.29) is 6.61 Å². The predicted molar refractivity (Wildman–Crippen MR) is 87.6 cm³/mol. The second-order valence-electron chi connectivity index (χ2n) is 5.05. The summed E-state index contributed by atoms with van der Waals surface area (Å²) < 4.78 is 24.1. The number of rotatable bonds is 7. The first kappa shape index (κ1) is 17.0. The van der Waals surface area contributed by atoms with Crippen molar-refractivity contribution in [2.45, 2.75) is 26.7 Å². The van der Waals surface area contributed by atoms with Crippen LogP contribution in [0.1, 0.15) is 37.0 Å². The van der Waals surface area contributed by atoms with Crippen LogP contribution in [-0.4, -0.2) is 31.2 Å². The molecule has 0 aliphatic carbocycles. The summed E-state index contributed by atoms with van der Waals surface area (Å²) in [6, 6.07) is 2.62. The van der Waals surface area contributed by atoms with Gasteiger partial charge < -0.3 is 14.8 Å². The van der Waals surface area contributed by atoms with Gasteiger partial charge in [-0.15, -0.1) is 0 Å². The number of aromatic nitrogens is 1. The summed E-state index contributed by atoms with van der Waals surface area (Å²) in [6.45, 7) is 4.74. The lowest BCUT2D eigenvalue weighted by Crippen LogP contribution is -2.12. The number of pyridine rings is 1. The lowest BCUT2D eigenvalue weighted by atomic mass is 10.1. The normalized spacial score (nSPS) is 10.6. The van der Waals surface area contributed by atoms with E-state index in [1.54, 1.807) is 6.92 Å². The Labute approximate surface area is 134 Å². The first-order chi connectivity index (χ1) is 11.1. The van der Waals surface area contributed by atoms with Gasteiger partial charge in [0.1, 0.15) is 22.6 Å². The van der Waals surface area contributed by atoms with Crippen LogP contribution >= 0.6 is 0 Å². The van der Waals surface area contributed by atoms with Crippen molar-refractivity contribution in [2.24, 2.45) is 0 Å². The molecule has 1 N–H and O–H groups in total. The van der Waals surface area contributed by atoms with Crippen LogP contribution < -0.4 is 10.1 Å². The zero-order valence-corrected chi connectivity index (χ0v) is 13.6. The molecule has 124 valence electrons. The van der Waals surface area contributed by atoms with E-state index >= 15 is 0 Å². The van der Waals surface area contributed by atoms with Crippen LogP contribution in [0.5, 0.6) is 5.75 Å². The third kappa shape index (κ3) is 3.70. The van der Waals surface area contributed by atoms with Gasteiger partial charge in [-0.25, -0.2) is 9.18 Å². The molecule has 0 atom stereocenters. The maximum Gasteiger partial charge on any atom is 0.341 e. The van der Waals surface area contributed by atoms with Gasteiger partial charge >= 0.3 is 5.97 Å². The average molecular weight is 320 g/mol. The topological polar surface area (TPSA) is 60.5 Å². The molecule has 0 aliphatic rings. The Hall–Kier alpha value is -2.37. The monoisotopic (exact) mass is 320 g/mol. The van der Waals surface area contributed by atoms with E-state index in [9.17, 15) is 9.18 Å². The van der Waals surface area contributed by atoms with Gasteiger partial charge in [-0.3, -0.25) is 4.98 Å². The minimum Gasteiger partial charge on any atom is -0.494 e. The number of carbonyl (C=O) groups excluding carboxylic acids is 1. The highest BCUT2D eigenvalue weighted by Gasteiger charge is 2.19. The van der Waals surface area contributed by atoms with Crippen molar-refractivity contribution in [3.05, 3.63) is 29.7 Å². The summed E-state index contributed by atoms with van der Waals surface area (Å²) in [5, 5.41) is 3.72. The van der Waals surface area contributed by atoms with Gasteiger partial charge in [0.2, 0.25) is 0 Å². The van der Waals surface area contributed by atoms with Gasteiger partial charge in [0.05, 0.1) is 19.4 Å². The number of halogens is 1. The maximum absolute atomic E-state index is 13.9. The van der Waals surface area contributed by atoms with Crippen LogP contribution in [0.4, 0.5) is 10.1 Å². The SMILES string of the molecule is CCCCNc1c(C(=O)OCC)cnc2c(OC)cc(F)cc12. The standard InChI is InChI=1S/C17H21FN2O3/c1-4-6-7-19-15-12-8-11(18)9-14(22-3)16(12)20-10-13(15)17(21)23-5-2/h8-10H,4-7H2,1-3H3,(H,19,20). The molecule has 1 aromatic heterocycles. The molecule has 0 spiro atoms. The lowest BCUT2D eigenvalue weighted by molar-refractivity contribution is 0.0527. The first-order valence-corrected chi connectivity index (χ1v) is 7.69. The quantitative estimate of drug-likeness (QED) is 0.621. The molecule has 2 rings (SSSR count). The lowest BCUT2D eigenvalue weighted by Gasteiger charge is -2.15. The van der Waals surface area contributed by atoms with Gasteiger partial charge in [-0.2, -0.15) is 0 Å². The van der Waals surface area contributed by atoms with Crippen LogP contribution in [0.3, 0.4) is 0 Å². The first-order valence-electron chi connectivity index (χ1n) is 7.69. The number of hydrogen-bond donors (Lipinski definition) is 1. The third-order valence-corrected chi connectivity index (χ3v) is 3.45. The minimum absolute atomic E-state index is 0.262. The summed E-state index contributed by atoms with van der Waals surface area (Å²) in [5.74, 6) is -0.603. The van der Waals surface area contributed by atoms with E-state index < -0.39 is 11.8 Å². The number of ether oxygens (including phenoxy) is 2. The van der Waals surface area contributed by atoms with Crippen LogP contribution in [0, 0.1) is 5.82 Å². The zero-order chi connectivity index (χ0) is 16.8. The highest BCUT2D eigenvalue weighted by Crippen LogP contribution is 2.33. The molecule has 0 fully saturated rings. The smallest absolute Gasteiger partial charge is 0.341 e. The zero-order valence-electron chi connectivity index (χ0n) is 13.6. The molecule has 23 heavy (non-hydrogen) atoms. The maximum atomic E-state index is 13.9. The largest absolute Gasteiger partial charge is 0.494 e. The van der Waals surface area contributed by atoms with Crippen molar-refractivity contribution >= 4 is 22.6 Å². The van der Waals surface area contributed by atoms with Gasteiger partial charge in [0, 0.05) is 24.2 Å². The Balaban J connectivity index is 2.61. The van der Waals surface area contributed by atoms with Gasteiger partial charge in [0.15, 0.2) is 0 Å². The molecule has 0 saturated carbocycles. The molecule has 0 saturated heterocycles. The van der Waals surface area contributed by atoms with Crippen molar-refractivity contribution in [1.82, 2.24) is 4.98 Å². The van der Waals surface area contributed by atoms with Gasteiger partial charge in [0.25, 0.3) is 0 Å². The van der Waals surface area contributed by atoms with Crippen LogP contribution in [0.2, 0.25) is 0 Å². The number of fused-ring (bicyclic) bond motifs is 1. The number of unbranched alkanes of at least 4 members (excludes halogenated alkanes) is 1. The van der Waals surface area contributed by atoms with E-state index in [1.807, 2.05) is 0 Å². The molecule has 0 aliphatic heterocycles. The van der Waals surface area contributed by atoms with E-state index in [0.717, 1.165) is 12.8 Å². The fourth-order valence-electron chi connectivity index (χ4n) is 2.34. The number of hydrogen-bond acceptors (Lipinski definition) is 5. The Bertz CT molecular complexity index is 704. The number of anilines is 1. The van der Waals surface area contributed by atoms with E-state index in [4.69, 9.17) is 9.47 Å². The molecule has 0 amide bonds. The Morgan fingerprint density at radius 1 is 1.35 bits per heavy atom. The van der Waals surface area contributed by atoms with E-state index in [2.05, 4.69) is 17.2 Å². The average Bonchev–Trinajstić information content (AvgIpc) is 2.54. The summed E-state index contributed by atoms with van der Waals surface area (Å²) >= 11 is 0. The number of carbonyl (C=O) groups is 1. The van der Waals surface area contributed by atoms with Crippen molar-refractivity contribution < 1.29 is 18.7 Å². The van der Waals surface area contributed by atoms with Gasteiger partial charge in [-0.1, -0.05) is 13.3 Å². The van der Waals surface area contributed by atoms with Crippen molar-refractivity contribution in [2.75, 3.05) is 25.6 Å². The molecule has 0 radical (unpaired) electrons. The fourth-order valence-corrected chi connectivity index (χ4v) is 2.34. The van der Waals surface area contributed by atoms with Crippen molar-refractivity contribution in [3.8, 4) is 5.75 Å². The summed E-state index contributed by atoms with van der Waals surface area (Å²) in [7, 11) is 1.46. The van der Waals surface area contributed by atoms with Crippen LogP contribution in [0.25, 0.3) is 10.9 Å². The molecular weight excluding hydrogens is 299 g/mol. The second-order valence-corrected chi connectivity index (χ2v) is 5.05. The molecule has 5 nitrogen and oxygen atoms in total. The highest BCUT2D eigenvalue weighted by atomic mass is 19.1. The predicted octanol–water partition coefficient (Wildman–Crippen LogP) is 3.77. The second kappa shape index (κ2) is 7.76. The van der Waals surface area contributed by atoms with Crippen LogP contribution in [-0.2, 0) is 4.74 Å². The molecule has 0 unspecified atom stereocenters. The Kier molecular flexibility index (Phi) is 5.73. The number of nitrogens with one attached hydrogen (secondary N) is 1. The molecule has 2 aromatic rings. The van der Waals surface area contributed by atoms with Crippen molar-refractivity contribution in [3.63, 3.8) is 0 Å². The Morgan fingerprint density at radius 3 is 2.78 bits per heavy atom. The van der Waals surface area contributed by atoms with E-state index in [1.165, 1.54) is 25.4 Å². The molecule has 6 heteroatoms.